The van der Waals surface area contributed by atoms with Crippen molar-refractivity contribution < 1.29 is 13.9 Å². The molecule has 1 amide bonds. The van der Waals surface area contributed by atoms with E-state index in [0.717, 1.165) is 10.9 Å². The number of hydrazone groups is 1. The second-order valence-electron chi connectivity index (χ2n) is 5.18. The highest BCUT2D eigenvalue weighted by molar-refractivity contribution is 5.88. The van der Waals surface area contributed by atoms with Crippen molar-refractivity contribution in [3.63, 3.8) is 0 Å². The molecule has 0 fully saturated rings. The van der Waals surface area contributed by atoms with Gasteiger partial charge in [-0.05, 0) is 41.8 Å². The number of hydrogen-bond acceptors (Lipinski definition) is 4. The maximum absolute atomic E-state index is 12.8. The van der Waals surface area contributed by atoms with Gasteiger partial charge in [0.1, 0.15) is 11.6 Å². The first-order valence-corrected chi connectivity index (χ1v) is 7.44. The molecule has 0 spiro atoms. The molecular weight excluding hydrogens is 325 g/mol. The first kappa shape index (κ1) is 16.4. The number of ether oxygens (including phenoxy) is 1. The van der Waals surface area contributed by atoms with Crippen LogP contribution in [0.2, 0.25) is 0 Å². The van der Waals surface area contributed by atoms with Crippen molar-refractivity contribution in [3.8, 4) is 5.75 Å². The molecule has 0 aliphatic carbocycles. The number of carbonyl (C=O) groups is 1. The molecule has 2 N–H and O–H groups in total. The molecule has 1 aromatic heterocycles. The van der Waals surface area contributed by atoms with Crippen LogP contribution >= 0.6 is 0 Å². The lowest BCUT2D eigenvalue weighted by atomic mass is 10.2. The largest absolute Gasteiger partial charge is 0.484 e. The Kier molecular flexibility index (Phi) is 4.84. The number of nitrogens with one attached hydrogen (secondary N) is 2. The van der Waals surface area contributed by atoms with E-state index >= 15 is 0 Å². The molecule has 0 saturated carbocycles. The number of carbonyl (C=O) groups excluding carboxylic acids is 1. The smallest absolute Gasteiger partial charge is 0.277 e. The number of nitrogens with zero attached hydrogens (tertiary/aromatic N) is 1. The Labute approximate surface area is 142 Å². The van der Waals surface area contributed by atoms with Gasteiger partial charge >= 0.3 is 0 Å². The van der Waals surface area contributed by atoms with E-state index in [1.54, 1.807) is 12.1 Å². The van der Waals surface area contributed by atoms with Crippen molar-refractivity contribution in [2.75, 3.05) is 6.61 Å². The summed E-state index contributed by atoms with van der Waals surface area (Å²) in [4.78, 5) is 26.3. The molecule has 0 aliphatic heterocycles. The van der Waals surface area contributed by atoms with Gasteiger partial charge in [-0.3, -0.25) is 9.59 Å². The zero-order chi connectivity index (χ0) is 17.6. The molecule has 6 nitrogen and oxygen atoms in total. The second-order valence-corrected chi connectivity index (χ2v) is 5.18. The first-order chi connectivity index (χ1) is 12.1. The Hall–Kier alpha value is -3.48. The number of halogens is 1. The van der Waals surface area contributed by atoms with E-state index in [2.05, 4.69) is 15.5 Å². The Morgan fingerprint density at radius 1 is 1.20 bits per heavy atom. The molecular formula is C18H14FN3O3. The van der Waals surface area contributed by atoms with E-state index in [1.807, 2.05) is 18.2 Å². The molecule has 25 heavy (non-hydrogen) atoms. The maximum Gasteiger partial charge on any atom is 0.277 e. The topological polar surface area (TPSA) is 83.5 Å². The molecule has 0 atom stereocenters. The van der Waals surface area contributed by atoms with Crippen molar-refractivity contribution in [1.29, 1.82) is 0 Å². The summed E-state index contributed by atoms with van der Waals surface area (Å²) >= 11 is 0. The van der Waals surface area contributed by atoms with Crippen LogP contribution in [0.25, 0.3) is 10.9 Å². The minimum absolute atomic E-state index is 0.281. The number of aromatic amines is 1. The molecule has 2 aromatic carbocycles. The summed E-state index contributed by atoms with van der Waals surface area (Å²) in [6.07, 6.45) is 1.26. The van der Waals surface area contributed by atoms with E-state index in [0.29, 0.717) is 11.3 Å². The van der Waals surface area contributed by atoms with E-state index in [1.165, 1.54) is 30.5 Å². The number of hydrogen-bond donors (Lipinski definition) is 2. The maximum atomic E-state index is 12.8. The number of rotatable bonds is 5. The van der Waals surface area contributed by atoms with Gasteiger partial charge in [-0.25, -0.2) is 9.82 Å². The molecule has 3 aromatic rings. The average Bonchev–Trinajstić information content (AvgIpc) is 2.61. The molecule has 0 saturated heterocycles. The minimum Gasteiger partial charge on any atom is -0.484 e. The van der Waals surface area contributed by atoms with Crippen LogP contribution in [0.15, 0.2) is 64.5 Å². The van der Waals surface area contributed by atoms with Gasteiger partial charge in [0.2, 0.25) is 0 Å². The average molecular weight is 339 g/mol. The Morgan fingerprint density at radius 2 is 1.96 bits per heavy atom. The third-order valence-corrected chi connectivity index (χ3v) is 3.36. The highest BCUT2D eigenvalue weighted by atomic mass is 19.1. The standard InChI is InChI=1S/C18H14FN3O3/c19-14-5-7-15(8-6-14)25-11-17(23)22-20-10-13-9-12-3-1-2-4-16(12)21-18(13)24/h1-10H,11H2,(H,21,24)(H,22,23). The van der Waals surface area contributed by atoms with Crippen molar-refractivity contribution in [1.82, 2.24) is 10.4 Å². The summed E-state index contributed by atoms with van der Waals surface area (Å²) in [5.41, 5.74) is 3.00. The van der Waals surface area contributed by atoms with Crippen molar-refractivity contribution >= 4 is 23.0 Å². The summed E-state index contributed by atoms with van der Waals surface area (Å²) in [7, 11) is 0. The van der Waals surface area contributed by atoms with Crippen LogP contribution in [-0.4, -0.2) is 23.7 Å². The van der Waals surface area contributed by atoms with Crippen molar-refractivity contribution in [2.45, 2.75) is 0 Å². The van der Waals surface area contributed by atoms with Crippen LogP contribution in [-0.2, 0) is 4.79 Å². The van der Waals surface area contributed by atoms with E-state index in [9.17, 15) is 14.0 Å². The molecule has 0 radical (unpaired) electrons. The Morgan fingerprint density at radius 3 is 2.76 bits per heavy atom. The second kappa shape index (κ2) is 7.39. The fourth-order valence-electron chi connectivity index (χ4n) is 2.15. The van der Waals surface area contributed by atoms with Crippen molar-refractivity contribution in [2.24, 2.45) is 5.10 Å². The van der Waals surface area contributed by atoms with E-state index in [4.69, 9.17) is 4.74 Å². The molecule has 3 rings (SSSR count). The van der Waals surface area contributed by atoms with Gasteiger partial charge < -0.3 is 9.72 Å². The number of H-pyrrole nitrogens is 1. The molecule has 7 heteroatoms. The fraction of sp³-hybridized carbons (Fsp3) is 0.0556. The first-order valence-electron chi connectivity index (χ1n) is 7.44. The predicted molar refractivity (Wildman–Crippen MR) is 92.2 cm³/mol. The zero-order valence-electron chi connectivity index (χ0n) is 13.0. The van der Waals surface area contributed by atoms with Crippen LogP contribution in [0.1, 0.15) is 5.56 Å². The molecule has 0 unspecified atom stereocenters. The lowest BCUT2D eigenvalue weighted by molar-refractivity contribution is -0.123. The van der Waals surface area contributed by atoms with Crippen LogP contribution in [0.4, 0.5) is 4.39 Å². The third kappa shape index (κ3) is 4.29. The van der Waals surface area contributed by atoms with Gasteiger partial charge in [-0.2, -0.15) is 5.10 Å². The number of pyridine rings is 1. The quantitative estimate of drug-likeness (QED) is 0.552. The third-order valence-electron chi connectivity index (χ3n) is 3.36. The van der Waals surface area contributed by atoms with Gasteiger partial charge in [0, 0.05) is 5.52 Å². The lowest BCUT2D eigenvalue weighted by Crippen LogP contribution is -2.25. The number of para-hydroxylation sites is 1. The summed E-state index contributed by atoms with van der Waals surface area (Å²) in [5.74, 6) is -0.522. The SMILES string of the molecule is O=C(COc1ccc(F)cc1)NN=Cc1cc2ccccc2[nH]c1=O. The summed E-state index contributed by atoms with van der Waals surface area (Å²) in [6.45, 7) is -0.281. The van der Waals surface area contributed by atoms with Gasteiger partial charge in [-0.15, -0.1) is 0 Å². The van der Waals surface area contributed by atoms with Gasteiger partial charge in [0.15, 0.2) is 6.61 Å². The number of benzene rings is 2. The fourth-order valence-corrected chi connectivity index (χ4v) is 2.15. The van der Waals surface area contributed by atoms with Crippen LogP contribution in [0.5, 0.6) is 5.75 Å². The highest BCUT2D eigenvalue weighted by Gasteiger charge is 2.03. The number of aromatic nitrogens is 1. The predicted octanol–water partition coefficient (Wildman–Crippen LogP) is 2.20. The van der Waals surface area contributed by atoms with Gasteiger partial charge in [0.05, 0.1) is 11.8 Å². The monoisotopic (exact) mass is 339 g/mol. The summed E-state index contributed by atoms with van der Waals surface area (Å²) < 4.78 is 17.9. The van der Waals surface area contributed by atoms with Crippen LogP contribution in [0, 0.1) is 5.82 Å². The summed E-state index contributed by atoms with van der Waals surface area (Å²) in [5, 5.41) is 4.61. The minimum atomic E-state index is -0.502. The zero-order valence-corrected chi connectivity index (χ0v) is 13.0. The molecule has 126 valence electrons. The van der Waals surface area contributed by atoms with Gasteiger partial charge in [-0.1, -0.05) is 18.2 Å². The van der Waals surface area contributed by atoms with E-state index in [-0.39, 0.29) is 18.0 Å². The molecule has 1 heterocycles. The highest BCUT2D eigenvalue weighted by Crippen LogP contribution is 2.11. The van der Waals surface area contributed by atoms with Gasteiger partial charge in [0.25, 0.3) is 11.5 Å². The number of amides is 1. The molecule has 0 bridgehead atoms. The number of fused-ring (bicyclic) bond motifs is 1. The van der Waals surface area contributed by atoms with Crippen molar-refractivity contribution in [3.05, 3.63) is 76.3 Å². The summed E-state index contributed by atoms with van der Waals surface area (Å²) in [6, 6.07) is 14.3. The van der Waals surface area contributed by atoms with Crippen LogP contribution in [0.3, 0.4) is 0 Å². The van der Waals surface area contributed by atoms with E-state index < -0.39 is 5.91 Å². The normalized spacial score (nSPS) is 10.9. The van der Waals surface area contributed by atoms with Crippen LogP contribution < -0.4 is 15.7 Å². The Balaban J connectivity index is 1.59. The Bertz CT molecular complexity index is 981. The lowest BCUT2D eigenvalue weighted by Gasteiger charge is -2.04. The molecule has 0 aliphatic rings.